The third-order valence-electron chi connectivity index (χ3n) is 12.7. The molecular formula is C37H65N3O3. The van der Waals surface area contributed by atoms with Gasteiger partial charge in [0.1, 0.15) is 6.10 Å². The van der Waals surface area contributed by atoms with Crippen molar-refractivity contribution in [1.29, 1.82) is 0 Å². The Kier molecular flexibility index (Phi) is 12.2. The number of fused-ring (bicyclic) bond motifs is 5. The van der Waals surface area contributed by atoms with Gasteiger partial charge in [-0.2, -0.15) is 0 Å². The zero-order valence-electron chi connectivity index (χ0n) is 28.4. The molecule has 0 aromatic rings. The van der Waals surface area contributed by atoms with E-state index in [0.717, 1.165) is 67.6 Å². The van der Waals surface area contributed by atoms with Gasteiger partial charge in [0.25, 0.3) is 0 Å². The van der Waals surface area contributed by atoms with E-state index in [1.54, 1.807) is 10.5 Å². The number of nitrogens with zero attached hydrogens (tertiary/aromatic N) is 1. The third kappa shape index (κ3) is 7.88. The van der Waals surface area contributed by atoms with Gasteiger partial charge in [-0.05, 0) is 117 Å². The molecule has 8 atom stereocenters. The average Bonchev–Trinajstić information content (AvgIpc) is 3.33. The molecule has 4 rings (SSSR count). The number of carbonyl (C=O) groups is 2. The number of esters is 1. The molecule has 0 spiro atoms. The Balaban J connectivity index is 1.31. The molecule has 0 aliphatic heterocycles. The molecule has 0 heterocycles. The second-order valence-corrected chi connectivity index (χ2v) is 15.8. The molecule has 3 fully saturated rings. The average molecular weight is 600 g/mol. The topological polar surface area (TPSA) is 98.7 Å². The minimum absolute atomic E-state index is 0.000461. The van der Waals surface area contributed by atoms with Gasteiger partial charge in [0.15, 0.2) is 0 Å². The van der Waals surface area contributed by atoms with Crippen LogP contribution in [0.5, 0.6) is 0 Å². The first kappa shape index (κ1) is 34.5. The van der Waals surface area contributed by atoms with E-state index in [1.165, 1.54) is 51.4 Å². The van der Waals surface area contributed by atoms with Crippen molar-refractivity contribution in [2.75, 3.05) is 26.2 Å². The van der Waals surface area contributed by atoms with Gasteiger partial charge in [0, 0.05) is 25.9 Å². The number of rotatable bonds is 15. The van der Waals surface area contributed by atoms with Crippen molar-refractivity contribution in [2.24, 2.45) is 57.8 Å². The second kappa shape index (κ2) is 15.3. The van der Waals surface area contributed by atoms with E-state index in [1.807, 2.05) is 0 Å². The van der Waals surface area contributed by atoms with Crippen LogP contribution in [0.1, 0.15) is 131 Å². The van der Waals surface area contributed by atoms with Crippen molar-refractivity contribution in [3.05, 3.63) is 11.6 Å². The molecule has 4 N–H and O–H groups in total. The largest absolute Gasteiger partial charge is 0.462 e. The lowest BCUT2D eigenvalue weighted by molar-refractivity contribution is -0.153. The van der Waals surface area contributed by atoms with Crippen molar-refractivity contribution < 1.29 is 14.3 Å². The summed E-state index contributed by atoms with van der Waals surface area (Å²) in [5, 5.41) is 0. The van der Waals surface area contributed by atoms with Gasteiger partial charge in [-0.3, -0.25) is 9.59 Å². The lowest BCUT2D eigenvalue weighted by Crippen LogP contribution is -2.51. The maximum absolute atomic E-state index is 12.8. The Morgan fingerprint density at radius 2 is 1.65 bits per heavy atom. The predicted octanol–water partition coefficient (Wildman–Crippen LogP) is 7.25. The van der Waals surface area contributed by atoms with E-state index < -0.39 is 0 Å². The number of hydrogen-bond acceptors (Lipinski definition) is 5. The smallest absolute Gasteiger partial charge is 0.306 e. The molecule has 6 heteroatoms. The van der Waals surface area contributed by atoms with E-state index in [4.69, 9.17) is 16.2 Å². The van der Waals surface area contributed by atoms with Crippen molar-refractivity contribution in [2.45, 2.75) is 137 Å². The summed E-state index contributed by atoms with van der Waals surface area (Å²) in [6, 6.07) is 0. The highest BCUT2D eigenvalue weighted by Gasteiger charge is 2.59. The molecule has 0 bridgehead atoms. The molecule has 0 saturated heterocycles. The minimum atomic E-state index is -0.234. The van der Waals surface area contributed by atoms with Gasteiger partial charge >= 0.3 is 5.97 Å². The molecule has 6 nitrogen and oxygen atoms in total. The number of amides is 1. The van der Waals surface area contributed by atoms with Crippen LogP contribution in [0, 0.1) is 46.3 Å². The van der Waals surface area contributed by atoms with Crippen LogP contribution in [0.2, 0.25) is 0 Å². The van der Waals surface area contributed by atoms with Crippen LogP contribution >= 0.6 is 0 Å². The van der Waals surface area contributed by atoms with Gasteiger partial charge in [-0.25, -0.2) is 0 Å². The highest BCUT2D eigenvalue weighted by molar-refractivity contribution is 5.81. The second-order valence-electron chi connectivity index (χ2n) is 15.8. The first-order chi connectivity index (χ1) is 20.5. The fourth-order valence-electron chi connectivity index (χ4n) is 10.3. The quantitative estimate of drug-likeness (QED) is 0.153. The van der Waals surface area contributed by atoms with Gasteiger partial charge in [0.05, 0.1) is 6.42 Å². The van der Waals surface area contributed by atoms with E-state index in [-0.39, 0.29) is 36.2 Å². The summed E-state index contributed by atoms with van der Waals surface area (Å²) in [6.07, 6.45) is 18.3. The number of allylic oxidation sites excluding steroid dienone is 1. The molecule has 4 aliphatic rings. The van der Waals surface area contributed by atoms with Crippen molar-refractivity contribution in [1.82, 2.24) is 4.90 Å². The number of ether oxygens (including phenoxy) is 1. The standard InChI is InChI=1S/C37H65N3O3/c1-26(2)9-6-10-27(3)31-13-14-32-30-12-11-28-25-29(17-19-36(28,4)33(30)18-20-37(31,32)5)43-35(42)16-15-34(41)40(23-7-21-38)24-8-22-39/h11,26-27,29-33H,6-10,12-25,38-39H2,1-5H3/t27-,29+,30+,31-,32+,33+,36+,37-/m1/s1. The van der Waals surface area contributed by atoms with Crippen LogP contribution in [0.3, 0.4) is 0 Å². The molecule has 0 aromatic heterocycles. The van der Waals surface area contributed by atoms with Crippen LogP contribution in [-0.2, 0) is 14.3 Å². The van der Waals surface area contributed by atoms with E-state index >= 15 is 0 Å². The highest BCUT2D eigenvalue weighted by Crippen LogP contribution is 2.67. The van der Waals surface area contributed by atoms with E-state index in [0.29, 0.717) is 31.6 Å². The Hall–Kier alpha value is -1.40. The SMILES string of the molecule is CC(C)CCC[C@@H](C)[C@H]1CC[C@H]2[C@@H]3CC=C4C[C@@H](OC(=O)CCC(=O)N(CCCN)CCCN)CC[C@]4(C)[C@H]3CC[C@]12C. The van der Waals surface area contributed by atoms with Crippen LogP contribution in [0.25, 0.3) is 0 Å². The number of hydrogen-bond donors (Lipinski definition) is 2. The van der Waals surface area contributed by atoms with E-state index in [9.17, 15) is 9.59 Å². The lowest BCUT2D eigenvalue weighted by atomic mass is 9.47. The zero-order chi connectivity index (χ0) is 31.2. The van der Waals surface area contributed by atoms with E-state index in [2.05, 4.69) is 40.7 Å². The highest BCUT2D eigenvalue weighted by atomic mass is 16.5. The normalized spacial score (nSPS) is 34.1. The third-order valence-corrected chi connectivity index (χ3v) is 12.7. The number of carbonyl (C=O) groups excluding carboxylic acids is 2. The van der Waals surface area contributed by atoms with Crippen molar-refractivity contribution in [3.63, 3.8) is 0 Å². The Morgan fingerprint density at radius 1 is 0.930 bits per heavy atom. The van der Waals surface area contributed by atoms with Crippen LogP contribution in [0.4, 0.5) is 0 Å². The van der Waals surface area contributed by atoms with Crippen LogP contribution in [-0.4, -0.2) is 49.1 Å². The molecule has 0 unspecified atom stereocenters. The summed E-state index contributed by atoms with van der Waals surface area (Å²) in [6.45, 7) is 14.8. The Morgan fingerprint density at radius 3 is 2.33 bits per heavy atom. The first-order valence-electron chi connectivity index (χ1n) is 18.1. The minimum Gasteiger partial charge on any atom is -0.462 e. The lowest BCUT2D eigenvalue weighted by Gasteiger charge is -2.58. The molecule has 0 radical (unpaired) electrons. The summed E-state index contributed by atoms with van der Waals surface area (Å²) in [4.78, 5) is 27.4. The summed E-state index contributed by atoms with van der Waals surface area (Å²) < 4.78 is 6.00. The van der Waals surface area contributed by atoms with Gasteiger partial charge < -0.3 is 21.1 Å². The predicted molar refractivity (Wildman–Crippen MR) is 176 cm³/mol. The van der Waals surface area contributed by atoms with Crippen molar-refractivity contribution in [3.8, 4) is 0 Å². The van der Waals surface area contributed by atoms with Gasteiger partial charge in [-0.1, -0.05) is 65.5 Å². The molecular weight excluding hydrogens is 534 g/mol. The summed E-state index contributed by atoms with van der Waals surface area (Å²) in [7, 11) is 0. The van der Waals surface area contributed by atoms with Gasteiger partial charge in [-0.15, -0.1) is 0 Å². The van der Waals surface area contributed by atoms with Crippen molar-refractivity contribution >= 4 is 11.9 Å². The molecule has 0 aromatic carbocycles. The molecule has 1 amide bonds. The first-order valence-corrected chi connectivity index (χ1v) is 18.1. The number of nitrogens with two attached hydrogens (primary N) is 2. The summed E-state index contributed by atoms with van der Waals surface area (Å²) >= 11 is 0. The Bertz CT molecular complexity index is 957. The Labute approximate surface area is 263 Å². The molecule has 43 heavy (non-hydrogen) atoms. The summed E-state index contributed by atoms with van der Waals surface area (Å²) in [5.74, 6) is 4.75. The van der Waals surface area contributed by atoms with Crippen LogP contribution in [0.15, 0.2) is 11.6 Å². The molecule has 3 saturated carbocycles. The zero-order valence-corrected chi connectivity index (χ0v) is 28.4. The maximum atomic E-state index is 12.8. The monoisotopic (exact) mass is 600 g/mol. The van der Waals surface area contributed by atoms with Crippen LogP contribution < -0.4 is 11.5 Å². The van der Waals surface area contributed by atoms with Gasteiger partial charge in [0.2, 0.25) is 5.91 Å². The fraction of sp³-hybridized carbons (Fsp3) is 0.892. The maximum Gasteiger partial charge on any atom is 0.306 e. The molecule has 246 valence electrons. The summed E-state index contributed by atoms with van der Waals surface area (Å²) in [5.41, 5.74) is 13.6. The fourth-order valence-corrected chi connectivity index (χ4v) is 10.3. The molecule has 4 aliphatic carbocycles.